The zero-order chi connectivity index (χ0) is 22.3. The van der Waals surface area contributed by atoms with Gasteiger partial charge in [-0.15, -0.1) is 10.2 Å². The molecular weight excluding hydrogens is 390 g/mol. The van der Waals surface area contributed by atoms with Crippen molar-refractivity contribution in [1.82, 2.24) is 15.4 Å². The fourth-order valence-electron chi connectivity index (χ4n) is 3.19. The second-order valence-electron chi connectivity index (χ2n) is 7.03. The van der Waals surface area contributed by atoms with Gasteiger partial charge in [-0.1, -0.05) is 58.2 Å². The maximum Gasteiger partial charge on any atom is 0.211 e. The summed E-state index contributed by atoms with van der Waals surface area (Å²) in [6.45, 7) is 7.05. The molecule has 0 aliphatic heterocycles. The molecular formula is C25H33N3O3. The summed E-state index contributed by atoms with van der Waals surface area (Å²) < 4.78 is 12.1. The van der Waals surface area contributed by atoms with E-state index in [4.69, 9.17) is 9.47 Å². The Kier molecular flexibility index (Phi) is 10.9. The molecule has 1 N–H and O–H groups in total. The van der Waals surface area contributed by atoms with Crippen LogP contribution in [0, 0.1) is 0 Å². The van der Waals surface area contributed by atoms with E-state index in [2.05, 4.69) is 36.2 Å². The summed E-state index contributed by atoms with van der Waals surface area (Å²) in [6.07, 6.45) is 9.45. The van der Waals surface area contributed by atoms with Crippen molar-refractivity contribution in [1.29, 1.82) is 0 Å². The lowest BCUT2D eigenvalue weighted by Gasteiger charge is -2.19. The van der Waals surface area contributed by atoms with Crippen molar-refractivity contribution in [2.45, 2.75) is 59.3 Å². The Balaban J connectivity index is 0.000000488. The maximum absolute atomic E-state index is 10.5. The van der Waals surface area contributed by atoms with E-state index in [1.54, 1.807) is 24.5 Å². The standard InChI is InChI=1S/C22H30O3.C3H3N3/c1-4-7-8-12-15-24-21-19(6-3)17(5-2)16-20(23)22(21)25-18-13-10-9-11-14-18;1-2-4-6-5-3-1/h9-11,13-14,16,23H,4-8,12,15H2,1-3H3;1-3H. The van der Waals surface area contributed by atoms with E-state index in [1.807, 2.05) is 30.3 Å². The van der Waals surface area contributed by atoms with Gasteiger partial charge in [-0.05, 0) is 54.3 Å². The third-order valence-corrected chi connectivity index (χ3v) is 4.76. The number of hydrogen-bond acceptors (Lipinski definition) is 6. The van der Waals surface area contributed by atoms with Crippen LogP contribution in [0.15, 0.2) is 54.9 Å². The Labute approximate surface area is 185 Å². The van der Waals surface area contributed by atoms with Crippen LogP contribution in [0.2, 0.25) is 0 Å². The highest BCUT2D eigenvalue weighted by atomic mass is 16.5. The number of aromatic hydroxyl groups is 1. The van der Waals surface area contributed by atoms with Gasteiger partial charge in [-0.3, -0.25) is 0 Å². The highest BCUT2D eigenvalue weighted by molar-refractivity contribution is 5.60. The molecule has 6 nitrogen and oxygen atoms in total. The van der Waals surface area contributed by atoms with Crippen molar-refractivity contribution < 1.29 is 14.6 Å². The van der Waals surface area contributed by atoms with E-state index in [9.17, 15) is 5.11 Å². The SMILES string of the molecule is CCCCCCOc1c(CC)c(CC)cc(O)c1Oc1ccccc1.c1cnnnc1. The topological polar surface area (TPSA) is 77.4 Å². The van der Waals surface area contributed by atoms with Crippen LogP contribution in [0.3, 0.4) is 0 Å². The molecule has 166 valence electrons. The smallest absolute Gasteiger partial charge is 0.211 e. The molecule has 0 unspecified atom stereocenters. The number of aromatic nitrogens is 3. The van der Waals surface area contributed by atoms with Crippen molar-refractivity contribution in [2.75, 3.05) is 6.61 Å². The first kappa shape index (κ1) is 24.1. The molecule has 0 saturated heterocycles. The van der Waals surface area contributed by atoms with Gasteiger partial charge in [-0.2, -0.15) is 0 Å². The first-order chi connectivity index (χ1) is 15.2. The monoisotopic (exact) mass is 423 g/mol. The number of phenolic OH excluding ortho intramolecular Hbond substituents is 1. The normalized spacial score (nSPS) is 10.2. The lowest BCUT2D eigenvalue weighted by molar-refractivity contribution is 0.283. The minimum atomic E-state index is 0.140. The zero-order valence-corrected chi connectivity index (χ0v) is 18.8. The molecule has 31 heavy (non-hydrogen) atoms. The number of phenols is 1. The Morgan fingerprint density at radius 2 is 1.58 bits per heavy atom. The molecule has 0 atom stereocenters. The van der Waals surface area contributed by atoms with E-state index in [-0.39, 0.29) is 5.75 Å². The Morgan fingerprint density at radius 3 is 2.13 bits per heavy atom. The third kappa shape index (κ3) is 7.89. The fourth-order valence-corrected chi connectivity index (χ4v) is 3.19. The second-order valence-corrected chi connectivity index (χ2v) is 7.03. The second kappa shape index (κ2) is 14.0. The molecule has 3 aromatic rings. The summed E-state index contributed by atoms with van der Waals surface area (Å²) in [7, 11) is 0. The lowest BCUT2D eigenvalue weighted by atomic mass is 10.0. The molecule has 2 aromatic carbocycles. The van der Waals surface area contributed by atoms with Crippen LogP contribution < -0.4 is 9.47 Å². The molecule has 0 fully saturated rings. The highest BCUT2D eigenvalue weighted by Crippen LogP contribution is 2.44. The van der Waals surface area contributed by atoms with E-state index in [1.165, 1.54) is 12.8 Å². The first-order valence-electron chi connectivity index (χ1n) is 11.0. The van der Waals surface area contributed by atoms with Crippen molar-refractivity contribution in [3.8, 4) is 23.0 Å². The Bertz CT molecular complexity index is 847. The summed E-state index contributed by atoms with van der Waals surface area (Å²) in [5.74, 6) is 1.96. The average Bonchev–Trinajstić information content (AvgIpc) is 2.82. The first-order valence-corrected chi connectivity index (χ1v) is 11.0. The van der Waals surface area contributed by atoms with Gasteiger partial charge in [0, 0.05) is 5.56 Å². The molecule has 0 aliphatic rings. The fraction of sp³-hybridized carbons (Fsp3) is 0.400. The molecule has 0 saturated carbocycles. The van der Waals surface area contributed by atoms with Crippen LogP contribution in [0.1, 0.15) is 57.6 Å². The number of para-hydroxylation sites is 1. The summed E-state index contributed by atoms with van der Waals surface area (Å²) in [4.78, 5) is 0. The maximum atomic E-state index is 10.5. The van der Waals surface area contributed by atoms with E-state index in [0.29, 0.717) is 23.9 Å². The Morgan fingerprint density at radius 1 is 0.839 bits per heavy atom. The van der Waals surface area contributed by atoms with Gasteiger partial charge in [0.05, 0.1) is 19.0 Å². The van der Waals surface area contributed by atoms with E-state index >= 15 is 0 Å². The van der Waals surface area contributed by atoms with Crippen molar-refractivity contribution in [3.63, 3.8) is 0 Å². The van der Waals surface area contributed by atoms with E-state index in [0.717, 1.165) is 36.8 Å². The summed E-state index contributed by atoms with van der Waals surface area (Å²) in [5.41, 5.74) is 2.24. The third-order valence-electron chi connectivity index (χ3n) is 4.76. The predicted molar refractivity (Wildman–Crippen MR) is 123 cm³/mol. The summed E-state index contributed by atoms with van der Waals surface area (Å²) >= 11 is 0. The summed E-state index contributed by atoms with van der Waals surface area (Å²) in [5, 5.41) is 20.7. The number of nitrogens with zero attached hydrogens (tertiary/aromatic N) is 3. The molecule has 0 radical (unpaired) electrons. The van der Waals surface area contributed by atoms with Gasteiger partial charge < -0.3 is 14.6 Å². The highest BCUT2D eigenvalue weighted by Gasteiger charge is 2.20. The van der Waals surface area contributed by atoms with Crippen LogP contribution in [0.5, 0.6) is 23.0 Å². The van der Waals surface area contributed by atoms with Crippen LogP contribution in [0.4, 0.5) is 0 Å². The minimum absolute atomic E-state index is 0.140. The number of hydrogen-bond donors (Lipinski definition) is 1. The number of benzene rings is 2. The number of unbranched alkanes of at least 4 members (excludes halogenated alkanes) is 3. The molecule has 0 spiro atoms. The minimum Gasteiger partial charge on any atom is -0.504 e. The van der Waals surface area contributed by atoms with Crippen molar-refractivity contribution in [2.24, 2.45) is 0 Å². The average molecular weight is 424 g/mol. The van der Waals surface area contributed by atoms with Gasteiger partial charge in [0.25, 0.3) is 0 Å². The van der Waals surface area contributed by atoms with Crippen LogP contribution in [0.25, 0.3) is 0 Å². The molecule has 1 heterocycles. The Hall–Kier alpha value is -3.15. The number of aryl methyl sites for hydroxylation is 1. The van der Waals surface area contributed by atoms with Gasteiger partial charge in [0.1, 0.15) is 5.75 Å². The number of rotatable bonds is 10. The van der Waals surface area contributed by atoms with Crippen molar-refractivity contribution in [3.05, 3.63) is 66.0 Å². The quantitative estimate of drug-likeness (QED) is 0.395. The molecule has 1 aromatic heterocycles. The van der Waals surface area contributed by atoms with Gasteiger partial charge >= 0.3 is 0 Å². The predicted octanol–water partition coefficient (Wildman–Crippen LogP) is 6.14. The van der Waals surface area contributed by atoms with Crippen molar-refractivity contribution >= 4 is 0 Å². The zero-order valence-electron chi connectivity index (χ0n) is 18.8. The lowest BCUT2D eigenvalue weighted by Crippen LogP contribution is -2.05. The summed E-state index contributed by atoms with van der Waals surface area (Å²) in [6, 6.07) is 13.1. The van der Waals surface area contributed by atoms with E-state index < -0.39 is 0 Å². The van der Waals surface area contributed by atoms with Gasteiger partial charge in [0.2, 0.25) is 5.75 Å². The largest absolute Gasteiger partial charge is 0.504 e. The number of ether oxygens (including phenoxy) is 2. The van der Waals surface area contributed by atoms with Crippen LogP contribution >= 0.6 is 0 Å². The molecule has 0 aliphatic carbocycles. The van der Waals surface area contributed by atoms with Gasteiger partial charge in [0.15, 0.2) is 11.5 Å². The molecule has 3 rings (SSSR count). The molecule has 0 amide bonds. The molecule has 6 heteroatoms. The van der Waals surface area contributed by atoms with Crippen LogP contribution in [-0.2, 0) is 12.8 Å². The molecule has 0 bridgehead atoms. The van der Waals surface area contributed by atoms with Crippen LogP contribution in [-0.4, -0.2) is 27.1 Å². The van der Waals surface area contributed by atoms with Gasteiger partial charge in [-0.25, -0.2) is 0 Å².